The first-order valence-electron chi connectivity index (χ1n) is 10.8. The van der Waals surface area contributed by atoms with E-state index in [0.717, 1.165) is 53.1 Å². The van der Waals surface area contributed by atoms with Gasteiger partial charge in [0.1, 0.15) is 11.1 Å². The highest BCUT2D eigenvalue weighted by Gasteiger charge is 2.26. The molecule has 5 rings (SSSR count). The van der Waals surface area contributed by atoms with Crippen molar-refractivity contribution in [3.05, 3.63) is 87.3 Å². The van der Waals surface area contributed by atoms with Crippen molar-refractivity contribution in [3.8, 4) is 11.1 Å². The summed E-state index contributed by atoms with van der Waals surface area (Å²) in [5.74, 6) is 0. The molecule has 4 aromatic rings. The first-order valence-corrected chi connectivity index (χ1v) is 12.4. The third-order valence-electron chi connectivity index (χ3n) is 5.97. The average Bonchev–Trinajstić information content (AvgIpc) is 3.24. The standard InChI is InChI=1S/C26H24Cl2N2OS/c1-30-13-11-20(12-14-30)31-25(26-29-23-7-2-3-8-24(23)32-26)19-6-4-5-17(15-19)18-9-10-21(27)22(28)16-18/h2-10,15-16,20,25H,11-14H2,1H3. The van der Waals surface area contributed by atoms with E-state index in [-0.39, 0.29) is 12.2 Å². The molecule has 1 fully saturated rings. The number of para-hydroxylation sites is 1. The zero-order valence-corrected chi connectivity index (χ0v) is 20.1. The Kier molecular flexibility index (Phi) is 6.49. The molecular weight excluding hydrogens is 459 g/mol. The quantitative estimate of drug-likeness (QED) is 0.294. The van der Waals surface area contributed by atoms with Gasteiger partial charge in [0.05, 0.1) is 26.4 Å². The zero-order chi connectivity index (χ0) is 22.1. The summed E-state index contributed by atoms with van der Waals surface area (Å²) in [4.78, 5) is 7.30. The predicted octanol–water partition coefficient (Wildman–Crippen LogP) is 7.47. The number of rotatable bonds is 5. The molecule has 0 N–H and O–H groups in total. The normalized spacial score (nSPS) is 16.5. The Balaban J connectivity index is 1.52. The maximum absolute atomic E-state index is 6.75. The lowest BCUT2D eigenvalue weighted by Gasteiger charge is -2.31. The fraction of sp³-hybridized carbons (Fsp3) is 0.269. The van der Waals surface area contributed by atoms with Gasteiger partial charge in [0.25, 0.3) is 0 Å². The number of hydrogen-bond donors (Lipinski definition) is 0. The molecule has 3 nitrogen and oxygen atoms in total. The molecule has 1 aromatic heterocycles. The van der Waals surface area contributed by atoms with E-state index < -0.39 is 0 Å². The lowest BCUT2D eigenvalue weighted by molar-refractivity contribution is -0.0234. The van der Waals surface area contributed by atoms with Crippen LogP contribution in [0.25, 0.3) is 21.3 Å². The molecule has 0 spiro atoms. The topological polar surface area (TPSA) is 25.4 Å². The molecular formula is C26H24Cl2N2OS. The fourth-order valence-corrected chi connectivity index (χ4v) is 5.48. The largest absolute Gasteiger partial charge is 0.363 e. The summed E-state index contributed by atoms with van der Waals surface area (Å²) in [6.07, 6.45) is 2.08. The van der Waals surface area contributed by atoms with Gasteiger partial charge in [0.15, 0.2) is 0 Å². The summed E-state index contributed by atoms with van der Waals surface area (Å²) >= 11 is 14.1. The second kappa shape index (κ2) is 9.50. The molecule has 2 heterocycles. The average molecular weight is 483 g/mol. The predicted molar refractivity (Wildman–Crippen MR) is 135 cm³/mol. The first kappa shape index (κ1) is 21.9. The van der Waals surface area contributed by atoms with Gasteiger partial charge in [-0.3, -0.25) is 0 Å². The molecule has 1 aliphatic heterocycles. The van der Waals surface area contributed by atoms with Crippen LogP contribution >= 0.6 is 34.5 Å². The Labute approximate surface area is 202 Å². The number of fused-ring (bicyclic) bond motifs is 1. The van der Waals surface area contributed by atoms with Gasteiger partial charge in [0, 0.05) is 13.1 Å². The molecule has 1 saturated heterocycles. The molecule has 1 unspecified atom stereocenters. The van der Waals surface area contributed by atoms with Crippen LogP contribution in [0.2, 0.25) is 10.0 Å². The van der Waals surface area contributed by atoms with E-state index in [9.17, 15) is 0 Å². The smallest absolute Gasteiger partial charge is 0.134 e. The molecule has 6 heteroatoms. The van der Waals surface area contributed by atoms with E-state index in [2.05, 4.69) is 54.4 Å². The highest BCUT2D eigenvalue weighted by atomic mass is 35.5. The Hall–Kier alpha value is -1.95. The SMILES string of the molecule is CN1CCC(OC(c2cccc(-c3ccc(Cl)c(Cl)c3)c2)c2nc3ccccc3s2)CC1. The van der Waals surface area contributed by atoms with Crippen molar-refractivity contribution >= 4 is 44.8 Å². The summed E-state index contributed by atoms with van der Waals surface area (Å²) in [6, 6.07) is 22.5. The van der Waals surface area contributed by atoms with E-state index in [4.69, 9.17) is 32.9 Å². The summed E-state index contributed by atoms with van der Waals surface area (Å²) in [7, 11) is 2.17. The van der Waals surface area contributed by atoms with Crippen LogP contribution in [-0.2, 0) is 4.74 Å². The molecule has 32 heavy (non-hydrogen) atoms. The second-order valence-corrected chi connectivity index (χ2v) is 10.2. The van der Waals surface area contributed by atoms with Gasteiger partial charge in [-0.1, -0.05) is 59.6 Å². The van der Waals surface area contributed by atoms with Crippen LogP contribution in [0.1, 0.15) is 29.5 Å². The number of likely N-dealkylation sites (tertiary alicyclic amines) is 1. The van der Waals surface area contributed by atoms with Crippen molar-refractivity contribution in [2.24, 2.45) is 0 Å². The molecule has 0 saturated carbocycles. The monoisotopic (exact) mass is 482 g/mol. The van der Waals surface area contributed by atoms with Crippen LogP contribution in [0, 0.1) is 0 Å². The van der Waals surface area contributed by atoms with E-state index >= 15 is 0 Å². The number of thiazole rings is 1. The second-order valence-electron chi connectivity index (χ2n) is 8.29. The van der Waals surface area contributed by atoms with Gasteiger partial charge in [0.2, 0.25) is 0 Å². The molecule has 0 aliphatic carbocycles. The minimum absolute atomic E-state index is 0.205. The number of halogens is 2. The maximum Gasteiger partial charge on any atom is 0.134 e. The number of nitrogens with zero attached hydrogens (tertiary/aromatic N) is 2. The van der Waals surface area contributed by atoms with Crippen molar-refractivity contribution in [1.29, 1.82) is 0 Å². The highest BCUT2D eigenvalue weighted by molar-refractivity contribution is 7.18. The molecule has 0 amide bonds. The van der Waals surface area contributed by atoms with Gasteiger partial charge >= 0.3 is 0 Å². The maximum atomic E-state index is 6.75. The Bertz CT molecular complexity index is 1200. The minimum Gasteiger partial charge on any atom is -0.363 e. The number of piperidine rings is 1. The minimum atomic E-state index is -0.205. The Morgan fingerprint density at radius 3 is 2.50 bits per heavy atom. The third kappa shape index (κ3) is 4.70. The van der Waals surface area contributed by atoms with Crippen LogP contribution in [0.5, 0.6) is 0 Å². The highest BCUT2D eigenvalue weighted by Crippen LogP contribution is 2.37. The summed E-state index contributed by atoms with van der Waals surface area (Å²) in [6.45, 7) is 2.11. The molecule has 3 aromatic carbocycles. The van der Waals surface area contributed by atoms with Crippen molar-refractivity contribution in [1.82, 2.24) is 9.88 Å². The van der Waals surface area contributed by atoms with Gasteiger partial charge in [-0.15, -0.1) is 11.3 Å². The van der Waals surface area contributed by atoms with Crippen LogP contribution in [-0.4, -0.2) is 36.1 Å². The Morgan fingerprint density at radius 1 is 0.938 bits per heavy atom. The van der Waals surface area contributed by atoms with Crippen LogP contribution in [0.15, 0.2) is 66.7 Å². The van der Waals surface area contributed by atoms with Gasteiger partial charge in [-0.2, -0.15) is 0 Å². The number of ether oxygens (including phenoxy) is 1. The lowest BCUT2D eigenvalue weighted by Crippen LogP contribution is -2.35. The van der Waals surface area contributed by atoms with E-state index in [0.29, 0.717) is 10.0 Å². The number of aromatic nitrogens is 1. The van der Waals surface area contributed by atoms with E-state index in [1.165, 1.54) is 4.70 Å². The molecule has 0 bridgehead atoms. The zero-order valence-electron chi connectivity index (χ0n) is 17.8. The molecule has 1 aliphatic rings. The van der Waals surface area contributed by atoms with Gasteiger partial charge < -0.3 is 9.64 Å². The van der Waals surface area contributed by atoms with Crippen molar-refractivity contribution in [3.63, 3.8) is 0 Å². The van der Waals surface area contributed by atoms with Gasteiger partial charge in [-0.25, -0.2) is 4.98 Å². The Morgan fingerprint density at radius 2 is 1.72 bits per heavy atom. The van der Waals surface area contributed by atoms with Crippen molar-refractivity contribution < 1.29 is 4.74 Å². The lowest BCUT2D eigenvalue weighted by atomic mass is 10.00. The molecule has 1 atom stereocenters. The van der Waals surface area contributed by atoms with Crippen molar-refractivity contribution in [2.45, 2.75) is 25.0 Å². The molecule has 164 valence electrons. The van der Waals surface area contributed by atoms with E-state index in [1.54, 1.807) is 11.3 Å². The number of benzene rings is 3. The van der Waals surface area contributed by atoms with Crippen LogP contribution in [0.4, 0.5) is 0 Å². The van der Waals surface area contributed by atoms with Crippen molar-refractivity contribution in [2.75, 3.05) is 20.1 Å². The summed E-state index contributed by atoms with van der Waals surface area (Å²) in [5, 5.41) is 2.11. The van der Waals surface area contributed by atoms with Crippen LogP contribution < -0.4 is 0 Å². The third-order valence-corrected chi connectivity index (χ3v) is 7.79. The first-order chi connectivity index (χ1) is 15.6. The van der Waals surface area contributed by atoms with E-state index in [1.807, 2.05) is 24.3 Å². The number of hydrogen-bond acceptors (Lipinski definition) is 4. The summed E-state index contributed by atoms with van der Waals surface area (Å²) in [5.41, 5.74) is 4.24. The van der Waals surface area contributed by atoms with Gasteiger partial charge in [-0.05, 0) is 66.9 Å². The summed E-state index contributed by atoms with van der Waals surface area (Å²) < 4.78 is 7.93. The molecule has 0 radical (unpaired) electrons. The van der Waals surface area contributed by atoms with Crippen LogP contribution in [0.3, 0.4) is 0 Å². The fourth-order valence-electron chi connectivity index (χ4n) is 4.15.